The molecule has 0 aromatic rings. The molecule has 0 aliphatic rings. The van der Waals surface area contributed by atoms with Crippen LogP contribution in [0.25, 0.3) is 0 Å². The summed E-state index contributed by atoms with van der Waals surface area (Å²) in [5, 5.41) is 23.5. The zero-order valence-electron chi connectivity index (χ0n) is 4.72. The second kappa shape index (κ2) is 28.7. The maximum Gasteiger partial charge on any atom is 1.00 e. The second-order valence-electron chi connectivity index (χ2n) is 0.447. The molecule has 0 heterocycles. The molecule has 0 aromatic heterocycles. The third kappa shape index (κ3) is 46.4. The molecule has 0 aliphatic heterocycles. The predicted octanol–water partition coefficient (Wildman–Crippen LogP) is -5.05. The summed E-state index contributed by atoms with van der Waals surface area (Å²) in [7, 11) is 0.750. The van der Waals surface area contributed by atoms with Gasteiger partial charge in [-0.2, -0.15) is 7.11 Å². The van der Waals surface area contributed by atoms with Crippen LogP contribution in [0, 0.1) is 0 Å². The minimum Gasteiger partial charge on any atom is -0.857 e. The van der Waals surface area contributed by atoms with Gasteiger partial charge in [0.05, 0.1) is 13.2 Å². The molecule has 2 N–H and O–H groups in total. The van der Waals surface area contributed by atoms with Gasteiger partial charge >= 0.3 is 29.6 Å². The smallest absolute Gasteiger partial charge is 0.857 e. The number of hydrogen-bond donors (Lipinski definition) is 2. The van der Waals surface area contributed by atoms with Crippen molar-refractivity contribution >= 4 is 0 Å². The quantitative estimate of drug-likeness (QED) is 0.337. The van der Waals surface area contributed by atoms with E-state index in [0.717, 1.165) is 7.11 Å². The van der Waals surface area contributed by atoms with Crippen molar-refractivity contribution in [1.82, 2.24) is 0 Å². The van der Waals surface area contributed by atoms with Crippen molar-refractivity contribution in [2.24, 2.45) is 0 Å². The van der Waals surface area contributed by atoms with Crippen LogP contribution in [0.3, 0.4) is 0 Å². The third-order valence-electron chi connectivity index (χ3n) is 0.1000. The monoisotopic (exact) mass is 116 g/mol. The van der Waals surface area contributed by atoms with E-state index in [1.807, 2.05) is 0 Å². The predicted molar refractivity (Wildman–Crippen MR) is 20.1 cm³/mol. The maximum absolute atomic E-state index is 8.25. The van der Waals surface area contributed by atoms with Gasteiger partial charge in [-0.15, -0.1) is 0 Å². The van der Waals surface area contributed by atoms with Crippen molar-refractivity contribution in [3.05, 3.63) is 0 Å². The molecule has 4 heteroatoms. The van der Waals surface area contributed by atoms with Gasteiger partial charge in [-0.1, -0.05) is 0 Å². The molecule has 7 heavy (non-hydrogen) atoms. The van der Waals surface area contributed by atoms with Crippen LogP contribution in [0.4, 0.5) is 0 Å². The van der Waals surface area contributed by atoms with E-state index >= 15 is 0 Å². The minimum absolute atomic E-state index is 0. The summed E-state index contributed by atoms with van der Waals surface area (Å²) in [5.41, 5.74) is 0. The number of aliphatic hydroxyl groups is 2. The first-order valence-corrected chi connectivity index (χ1v) is 1.54. The van der Waals surface area contributed by atoms with Gasteiger partial charge in [-0.05, 0) is 0 Å². The fourth-order valence-electron chi connectivity index (χ4n) is 0. The Morgan fingerprint density at radius 1 is 1.14 bits per heavy atom. The summed E-state index contributed by atoms with van der Waals surface area (Å²) in [6.45, 7) is -0.250. The summed E-state index contributed by atoms with van der Waals surface area (Å²) < 4.78 is 0. The molecule has 0 saturated heterocycles. The summed E-state index contributed by atoms with van der Waals surface area (Å²) in [4.78, 5) is 0. The Labute approximate surface area is 65.3 Å². The van der Waals surface area contributed by atoms with Crippen LogP contribution < -0.4 is 34.7 Å². The van der Waals surface area contributed by atoms with Gasteiger partial charge in [0, 0.05) is 0 Å². The van der Waals surface area contributed by atoms with Crippen molar-refractivity contribution in [2.45, 2.75) is 0 Å². The molecule has 0 bridgehead atoms. The van der Waals surface area contributed by atoms with Crippen LogP contribution in [0.2, 0.25) is 0 Å². The van der Waals surface area contributed by atoms with E-state index in [0.29, 0.717) is 0 Å². The van der Waals surface area contributed by atoms with E-state index in [4.69, 9.17) is 15.3 Å². The molecule has 0 amide bonds. The normalized spacial score (nSPS) is 5.14. The Morgan fingerprint density at radius 3 is 1.29 bits per heavy atom. The van der Waals surface area contributed by atoms with Gasteiger partial charge in [0.15, 0.2) is 0 Å². The number of aliphatic hydroxyl groups excluding tert-OH is 2. The Hall–Kier alpha value is 0.880. The molecule has 3 nitrogen and oxygen atoms in total. The first-order chi connectivity index (χ1) is 2.91. The zero-order valence-corrected chi connectivity index (χ0v) is 6.72. The molecule has 0 aliphatic carbocycles. The van der Waals surface area contributed by atoms with E-state index < -0.39 is 0 Å². The molecule has 0 radical (unpaired) electrons. The summed E-state index contributed by atoms with van der Waals surface area (Å²) in [6.07, 6.45) is 0. The minimum atomic E-state index is -0.125. The Kier molecular flexibility index (Phi) is 64.2. The fraction of sp³-hybridized carbons (Fsp3) is 1.00. The Balaban J connectivity index is -0.0000000480. The van der Waals surface area contributed by atoms with Gasteiger partial charge in [0.25, 0.3) is 0 Å². The van der Waals surface area contributed by atoms with Gasteiger partial charge < -0.3 is 15.3 Å². The fourth-order valence-corrected chi connectivity index (χ4v) is 0. The van der Waals surface area contributed by atoms with Gasteiger partial charge in [-0.25, -0.2) is 0 Å². The number of hydrogen-bond acceptors (Lipinski definition) is 3. The molecule has 0 fully saturated rings. The molecule has 0 saturated carbocycles. The molecular weight excluding hydrogens is 107 g/mol. The molecule has 0 rings (SSSR count). The first-order valence-electron chi connectivity index (χ1n) is 1.54. The van der Waals surface area contributed by atoms with E-state index in [9.17, 15) is 0 Å². The average Bonchev–Trinajstić information content (AvgIpc) is 1.72. The van der Waals surface area contributed by atoms with E-state index in [-0.39, 0.29) is 42.8 Å². The van der Waals surface area contributed by atoms with E-state index in [2.05, 4.69) is 0 Å². The van der Waals surface area contributed by atoms with Gasteiger partial charge in [-0.3, -0.25) is 0 Å². The van der Waals surface area contributed by atoms with Gasteiger partial charge in [0.2, 0.25) is 0 Å². The largest absolute Gasteiger partial charge is 1.00 e. The zero-order chi connectivity index (χ0) is 5.41. The topological polar surface area (TPSA) is 63.5 Å². The van der Waals surface area contributed by atoms with Crippen molar-refractivity contribution in [1.29, 1.82) is 0 Å². The van der Waals surface area contributed by atoms with Crippen molar-refractivity contribution in [3.8, 4) is 0 Å². The van der Waals surface area contributed by atoms with Gasteiger partial charge in [0.1, 0.15) is 0 Å². The molecule has 40 valence electrons. The second-order valence-corrected chi connectivity index (χ2v) is 0.447. The summed E-state index contributed by atoms with van der Waals surface area (Å²) >= 11 is 0. The van der Waals surface area contributed by atoms with Crippen LogP contribution in [0.15, 0.2) is 0 Å². The standard InChI is InChI=1S/C2H6O2.CH3O.Na/c3-1-2-4;1-2;/h3-4H,1-2H2;1H3;/q;-1;+1. The van der Waals surface area contributed by atoms with E-state index in [1.165, 1.54) is 0 Å². The van der Waals surface area contributed by atoms with Crippen molar-refractivity contribution in [2.75, 3.05) is 20.3 Å². The number of rotatable bonds is 1. The van der Waals surface area contributed by atoms with Crippen molar-refractivity contribution < 1.29 is 44.9 Å². The van der Waals surface area contributed by atoms with E-state index in [1.54, 1.807) is 0 Å². The summed E-state index contributed by atoms with van der Waals surface area (Å²) in [5.74, 6) is 0. The molecule has 0 spiro atoms. The molecular formula is C3H9NaO3. The Morgan fingerprint density at radius 2 is 1.29 bits per heavy atom. The molecule has 0 atom stereocenters. The third-order valence-corrected chi connectivity index (χ3v) is 0.1000. The first kappa shape index (κ1) is 15.7. The average molecular weight is 116 g/mol. The van der Waals surface area contributed by atoms with Crippen LogP contribution >= 0.6 is 0 Å². The molecule has 0 unspecified atom stereocenters. The maximum atomic E-state index is 8.25. The summed E-state index contributed by atoms with van der Waals surface area (Å²) in [6, 6.07) is 0. The van der Waals surface area contributed by atoms with Crippen molar-refractivity contribution in [3.63, 3.8) is 0 Å². The van der Waals surface area contributed by atoms with Crippen LogP contribution in [0.5, 0.6) is 0 Å². The SMILES string of the molecule is C[O-].OCCO.[Na+]. The van der Waals surface area contributed by atoms with Crippen LogP contribution in [-0.2, 0) is 0 Å². The van der Waals surface area contributed by atoms with Crippen LogP contribution in [0.1, 0.15) is 0 Å². The van der Waals surface area contributed by atoms with Crippen LogP contribution in [-0.4, -0.2) is 30.5 Å². The molecule has 0 aromatic carbocycles. The Bertz CT molecular complexity index is 12.1.